The van der Waals surface area contributed by atoms with Crippen LogP contribution in [0.4, 0.5) is 4.39 Å². The second kappa shape index (κ2) is 5.94. The van der Waals surface area contributed by atoms with Gasteiger partial charge in [-0.1, -0.05) is 12.1 Å². The number of carbonyl (C=O) groups is 1. The number of aromatic hydroxyl groups is 1. The number of fused-ring (bicyclic) bond motifs is 3. The molecule has 1 amide bonds. The number of hydrogen-bond donors (Lipinski definition) is 1. The Morgan fingerprint density at radius 3 is 2.59 bits per heavy atom. The lowest BCUT2D eigenvalue weighted by molar-refractivity contribution is 0.0723. The molecule has 0 aliphatic carbocycles. The summed E-state index contributed by atoms with van der Waals surface area (Å²) >= 11 is 0. The van der Waals surface area contributed by atoms with E-state index in [4.69, 9.17) is 0 Å². The number of amides is 1. The summed E-state index contributed by atoms with van der Waals surface area (Å²) in [6.07, 6.45) is 0. The molecule has 2 aromatic heterocycles. The quantitative estimate of drug-likeness (QED) is 0.749. The van der Waals surface area contributed by atoms with Gasteiger partial charge in [-0.2, -0.15) is 5.10 Å². The van der Waals surface area contributed by atoms with E-state index >= 15 is 0 Å². The van der Waals surface area contributed by atoms with Gasteiger partial charge < -0.3 is 14.6 Å². The minimum Gasteiger partial charge on any atom is -0.505 e. The van der Waals surface area contributed by atoms with Gasteiger partial charge in [0.15, 0.2) is 11.4 Å². The van der Waals surface area contributed by atoms with E-state index in [-0.39, 0.29) is 41.1 Å². The molecule has 27 heavy (non-hydrogen) atoms. The Balaban J connectivity index is 1.95. The van der Waals surface area contributed by atoms with Gasteiger partial charge in [0, 0.05) is 19.6 Å². The van der Waals surface area contributed by atoms with Crippen molar-refractivity contribution in [3.63, 3.8) is 0 Å². The van der Waals surface area contributed by atoms with Crippen molar-refractivity contribution in [1.29, 1.82) is 0 Å². The summed E-state index contributed by atoms with van der Waals surface area (Å²) in [4.78, 5) is 27.1. The molecule has 1 aliphatic heterocycles. The summed E-state index contributed by atoms with van der Waals surface area (Å²) in [6.45, 7) is 4.28. The monoisotopic (exact) mass is 370 g/mol. The molecule has 4 rings (SSSR count). The molecule has 0 radical (unpaired) electrons. The van der Waals surface area contributed by atoms with E-state index in [1.54, 1.807) is 30.7 Å². The summed E-state index contributed by atoms with van der Waals surface area (Å²) in [5, 5.41) is 15.2. The van der Waals surface area contributed by atoms with Crippen molar-refractivity contribution in [2.75, 3.05) is 13.6 Å². The molecule has 1 aliphatic rings. The summed E-state index contributed by atoms with van der Waals surface area (Å²) in [6, 6.07) is 5.69. The van der Waals surface area contributed by atoms with E-state index in [0.717, 1.165) is 0 Å². The molecule has 0 saturated heterocycles. The van der Waals surface area contributed by atoms with Gasteiger partial charge in [-0.15, -0.1) is 0 Å². The van der Waals surface area contributed by atoms with Crippen LogP contribution >= 0.6 is 0 Å². The van der Waals surface area contributed by atoms with Gasteiger partial charge in [0.05, 0.1) is 17.8 Å². The largest absolute Gasteiger partial charge is 0.505 e. The molecule has 0 fully saturated rings. The molecule has 3 heterocycles. The number of rotatable bonds is 2. The standard InChI is InChI=1S/C19H19FN4O3/c1-10-8-22(3)19(27)16-17(25)14-15(24(10)16)11(2)21-23(18(14)26)9-12-4-6-13(20)7-5-12/h4-7,10,25H,8-9H2,1-3H3/t10-/m1/s1. The minimum absolute atomic E-state index is 0.0927. The van der Waals surface area contributed by atoms with E-state index in [0.29, 0.717) is 23.3 Å². The molecule has 3 aromatic rings. The fraction of sp³-hybridized carbons (Fsp3) is 0.316. The average molecular weight is 370 g/mol. The van der Waals surface area contributed by atoms with Crippen molar-refractivity contribution < 1.29 is 14.3 Å². The maximum atomic E-state index is 13.1. The maximum absolute atomic E-state index is 13.1. The van der Waals surface area contributed by atoms with Gasteiger partial charge in [0.2, 0.25) is 0 Å². The number of carbonyl (C=O) groups excluding carboxylic acids is 1. The van der Waals surface area contributed by atoms with Crippen LogP contribution in [-0.4, -0.2) is 43.9 Å². The zero-order valence-electron chi connectivity index (χ0n) is 15.2. The van der Waals surface area contributed by atoms with Gasteiger partial charge >= 0.3 is 0 Å². The molecule has 8 heteroatoms. The number of nitrogens with zero attached hydrogens (tertiary/aromatic N) is 4. The molecule has 0 bridgehead atoms. The number of likely N-dealkylation sites (N-methyl/N-ethyl adjacent to an activating group) is 1. The van der Waals surface area contributed by atoms with Gasteiger partial charge in [0.1, 0.15) is 11.2 Å². The van der Waals surface area contributed by atoms with Crippen LogP contribution in [0.2, 0.25) is 0 Å². The molecular weight excluding hydrogens is 351 g/mol. The second-order valence-corrected chi connectivity index (χ2v) is 7.00. The second-order valence-electron chi connectivity index (χ2n) is 7.00. The topological polar surface area (TPSA) is 80.4 Å². The summed E-state index contributed by atoms with van der Waals surface area (Å²) < 4.78 is 16.0. The Hall–Kier alpha value is -3.16. The van der Waals surface area contributed by atoms with Gasteiger partial charge in [-0.3, -0.25) is 9.59 Å². The third kappa shape index (κ3) is 2.51. The lowest BCUT2D eigenvalue weighted by Crippen LogP contribution is -2.39. The zero-order chi connectivity index (χ0) is 19.5. The molecule has 140 valence electrons. The lowest BCUT2D eigenvalue weighted by Gasteiger charge is -2.30. The molecule has 1 aromatic carbocycles. The van der Waals surface area contributed by atoms with Crippen LogP contribution in [0.5, 0.6) is 5.75 Å². The summed E-state index contributed by atoms with van der Waals surface area (Å²) in [5.41, 5.74) is 1.36. The van der Waals surface area contributed by atoms with E-state index in [2.05, 4.69) is 5.10 Å². The Morgan fingerprint density at radius 2 is 1.93 bits per heavy atom. The first-order chi connectivity index (χ1) is 12.8. The van der Waals surface area contributed by atoms with Crippen LogP contribution in [0.1, 0.15) is 34.7 Å². The highest BCUT2D eigenvalue weighted by atomic mass is 19.1. The predicted molar refractivity (Wildman–Crippen MR) is 97.6 cm³/mol. The average Bonchev–Trinajstić information content (AvgIpc) is 2.94. The van der Waals surface area contributed by atoms with Crippen LogP contribution in [0.15, 0.2) is 29.1 Å². The third-order valence-corrected chi connectivity index (χ3v) is 5.02. The highest BCUT2D eigenvalue weighted by molar-refractivity contribution is 6.04. The van der Waals surface area contributed by atoms with Crippen molar-refractivity contribution in [1.82, 2.24) is 19.2 Å². The first-order valence-electron chi connectivity index (χ1n) is 8.64. The van der Waals surface area contributed by atoms with Crippen LogP contribution in [-0.2, 0) is 6.54 Å². The van der Waals surface area contributed by atoms with Gasteiger partial charge in [-0.05, 0) is 31.5 Å². The Morgan fingerprint density at radius 1 is 1.26 bits per heavy atom. The zero-order valence-corrected chi connectivity index (χ0v) is 15.2. The molecule has 1 N–H and O–H groups in total. The summed E-state index contributed by atoms with van der Waals surface area (Å²) in [5.74, 6) is -0.998. The number of aromatic nitrogens is 3. The van der Waals surface area contributed by atoms with E-state index in [9.17, 15) is 19.1 Å². The van der Waals surface area contributed by atoms with E-state index < -0.39 is 5.56 Å². The fourth-order valence-electron chi connectivity index (χ4n) is 3.79. The SMILES string of the molecule is Cc1nn(Cc2ccc(F)cc2)c(=O)c2c(O)c3n(c12)[C@H](C)CN(C)C3=O. The van der Waals surface area contributed by atoms with Crippen LogP contribution < -0.4 is 5.56 Å². The highest BCUT2D eigenvalue weighted by Crippen LogP contribution is 2.37. The molecule has 0 saturated carbocycles. The van der Waals surface area contributed by atoms with Gasteiger partial charge in [-0.25, -0.2) is 9.07 Å². The number of halogens is 1. The molecule has 7 nitrogen and oxygen atoms in total. The van der Waals surface area contributed by atoms with E-state index in [1.807, 2.05) is 6.92 Å². The number of aryl methyl sites for hydroxylation is 1. The smallest absolute Gasteiger partial charge is 0.280 e. The predicted octanol–water partition coefficient (Wildman–Crippen LogP) is 2.05. The lowest BCUT2D eigenvalue weighted by atomic mass is 10.2. The van der Waals surface area contributed by atoms with Crippen molar-refractivity contribution >= 4 is 16.8 Å². The molecule has 0 spiro atoms. The summed E-state index contributed by atoms with van der Waals surface area (Å²) in [7, 11) is 1.66. The maximum Gasteiger partial charge on any atom is 0.280 e. The van der Waals surface area contributed by atoms with Crippen molar-refractivity contribution in [2.24, 2.45) is 0 Å². The molecular formula is C19H19FN4O3. The Labute approximate surface area is 154 Å². The third-order valence-electron chi connectivity index (χ3n) is 5.02. The number of benzene rings is 1. The van der Waals surface area contributed by atoms with Crippen LogP contribution in [0.3, 0.4) is 0 Å². The first-order valence-corrected chi connectivity index (χ1v) is 8.64. The van der Waals surface area contributed by atoms with Crippen LogP contribution in [0.25, 0.3) is 10.9 Å². The van der Waals surface area contributed by atoms with Crippen molar-refractivity contribution in [3.8, 4) is 5.75 Å². The van der Waals surface area contributed by atoms with Crippen LogP contribution in [0, 0.1) is 12.7 Å². The first kappa shape index (κ1) is 17.3. The van der Waals surface area contributed by atoms with Gasteiger partial charge in [0.25, 0.3) is 11.5 Å². The minimum atomic E-state index is -0.484. The highest BCUT2D eigenvalue weighted by Gasteiger charge is 2.35. The molecule has 1 atom stereocenters. The van der Waals surface area contributed by atoms with E-state index in [1.165, 1.54) is 21.7 Å². The number of hydrogen-bond acceptors (Lipinski definition) is 4. The fourth-order valence-corrected chi connectivity index (χ4v) is 3.79. The van der Waals surface area contributed by atoms with Crippen molar-refractivity contribution in [3.05, 3.63) is 57.4 Å². The Bertz CT molecular complexity index is 1130. The Kier molecular flexibility index (Phi) is 3.80. The molecule has 0 unspecified atom stereocenters. The van der Waals surface area contributed by atoms with Crippen molar-refractivity contribution in [2.45, 2.75) is 26.4 Å². The normalized spacial score (nSPS) is 16.8.